The van der Waals surface area contributed by atoms with Crippen molar-refractivity contribution in [3.8, 4) is 0 Å². The molecule has 0 aliphatic carbocycles. The van der Waals surface area contributed by atoms with Gasteiger partial charge in [0.15, 0.2) is 5.65 Å². The molecule has 2 aromatic heterocycles. The molecule has 4 N–H and O–H groups in total. The number of fused-ring (bicyclic) bond motifs is 2. The number of aryl methyl sites for hydroxylation is 1. The highest BCUT2D eigenvalue weighted by Crippen LogP contribution is 2.19. The molecule has 0 saturated carbocycles. The van der Waals surface area contributed by atoms with Crippen LogP contribution >= 0.6 is 0 Å². The van der Waals surface area contributed by atoms with Crippen LogP contribution in [-0.2, 0) is 7.05 Å². The lowest BCUT2D eigenvalue weighted by atomic mass is 10.1. The van der Waals surface area contributed by atoms with E-state index in [1.165, 1.54) is 0 Å². The maximum atomic E-state index is 12.4. The summed E-state index contributed by atoms with van der Waals surface area (Å²) in [4.78, 5) is 20.3. The smallest absolute Gasteiger partial charge is 0.223 e. The van der Waals surface area contributed by atoms with E-state index >= 15 is 0 Å². The van der Waals surface area contributed by atoms with Crippen molar-refractivity contribution in [1.82, 2.24) is 14.5 Å². The molecule has 0 unspecified atom stereocenters. The summed E-state index contributed by atoms with van der Waals surface area (Å²) in [6, 6.07) is 7.28. The summed E-state index contributed by atoms with van der Waals surface area (Å²) in [5.74, 6) is 0.175. The predicted octanol–water partition coefficient (Wildman–Crippen LogP) is 0.646. The molecular weight excluding hydrogens is 230 g/mol. The molecule has 3 rings (SSSR count). The van der Waals surface area contributed by atoms with Gasteiger partial charge in [-0.1, -0.05) is 12.1 Å². The molecule has 0 fully saturated rings. The lowest BCUT2D eigenvalue weighted by Gasteiger charge is -2.10. The lowest BCUT2D eigenvalue weighted by molar-refractivity contribution is 0.972. The number of pyridine rings is 1. The van der Waals surface area contributed by atoms with Crippen molar-refractivity contribution in [1.29, 1.82) is 0 Å². The second-order valence-corrected chi connectivity index (χ2v) is 4.07. The number of aromatic nitrogens is 3. The van der Waals surface area contributed by atoms with Gasteiger partial charge in [-0.3, -0.25) is 4.79 Å². The molecule has 0 spiro atoms. The fourth-order valence-corrected chi connectivity index (χ4v) is 2.15. The minimum absolute atomic E-state index is 0.0604. The number of nitrogens with two attached hydrogens (primary N) is 2. The van der Waals surface area contributed by atoms with Gasteiger partial charge >= 0.3 is 0 Å². The highest BCUT2D eigenvalue weighted by molar-refractivity contribution is 5.96. The van der Waals surface area contributed by atoms with Crippen LogP contribution in [0, 0.1) is 0 Å². The van der Waals surface area contributed by atoms with Gasteiger partial charge in [0.1, 0.15) is 11.2 Å². The third kappa shape index (κ3) is 1.26. The summed E-state index contributed by atoms with van der Waals surface area (Å²) in [6.07, 6.45) is 0. The van der Waals surface area contributed by atoms with Crippen molar-refractivity contribution in [2.75, 3.05) is 11.5 Å². The number of anilines is 2. The normalized spacial score (nSPS) is 11.2. The molecule has 0 atom stereocenters. The molecule has 6 nitrogen and oxygen atoms in total. The summed E-state index contributed by atoms with van der Waals surface area (Å²) in [5, 5.41) is 0.901. The maximum Gasteiger partial charge on any atom is 0.223 e. The summed E-state index contributed by atoms with van der Waals surface area (Å²) < 4.78 is 1.79. The minimum atomic E-state index is -0.170. The third-order valence-corrected chi connectivity index (χ3v) is 2.99. The zero-order valence-electron chi connectivity index (χ0n) is 9.71. The summed E-state index contributed by atoms with van der Waals surface area (Å²) in [7, 11) is 1.82. The van der Waals surface area contributed by atoms with Gasteiger partial charge in [0, 0.05) is 12.4 Å². The third-order valence-electron chi connectivity index (χ3n) is 2.99. The van der Waals surface area contributed by atoms with Crippen LogP contribution in [0.15, 0.2) is 29.1 Å². The molecule has 0 aliphatic heterocycles. The number of hydrogen-bond donors (Lipinski definition) is 2. The van der Waals surface area contributed by atoms with E-state index in [0.29, 0.717) is 16.4 Å². The molecule has 0 aliphatic rings. The van der Waals surface area contributed by atoms with Crippen molar-refractivity contribution in [3.63, 3.8) is 0 Å². The molecule has 0 bridgehead atoms. The maximum absolute atomic E-state index is 12.4. The molecular formula is C12H11N5O. The zero-order chi connectivity index (χ0) is 12.9. The number of benzene rings is 1. The molecule has 2 heterocycles. The minimum Gasteiger partial charge on any atom is -0.383 e. The number of nitrogen functional groups attached to an aromatic ring is 2. The molecule has 6 heteroatoms. The lowest BCUT2D eigenvalue weighted by Crippen LogP contribution is -2.14. The van der Waals surface area contributed by atoms with Crippen LogP contribution in [-0.4, -0.2) is 14.5 Å². The Bertz CT molecular complexity index is 837. The van der Waals surface area contributed by atoms with E-state index in [0.717, 1.165) is 5.52 Å². The zero-order valence-corrected chi connectivity index (χ0v) is 9.71. The molecule has 1 aromatic carbocycles. The van der Waals surface area contributed by atoms with Crippen molar-refractivity contribution in [2.45, 2.75) is 0 Å². The number of rotatable bonds is 0. The molecule has 18 heavy (non-hydrogen) atoms. The number of para-hydroxylation sites is 1. The Kier molecular flexibility index (Phi) is 2.00. The predicted molar refractivity (Wildman–Crippen MR) is 71.1 cm³/mol. The van der Waals surface area contributed by atoms with Crippen LogP contribution in [0.1, 0.15) is 0 Å². The topological polar surface area (TPSA) is 99.8 Å². The average Bonchev–Trinajstić information content (AvgIpc) is 2.35. The van der Waals surface area contributed by atoms with Crippen molar-refractivity contribution in [2.24, 2.45) is 7.05 Å². The van der Waals surface area contributed by atoms with Crippen molar-refractivity contribution < 1.29 is 0 Å². The van der Waals surface area contributed by atoms with Crippen LogP contribution in [0.2, 0.25) is 0 Å². The van der Waals surface area contributed by atoms with E-state index in [1.807, 2.05) is 25.2 Å². The molecule has 0 saturated heterocycles. The SMILES string of the molecule is Cn1c2ccccc2c(=O)c2c(N)nc(N)nc21. The fourth-order valence-electron chi connectivity index (χ4n) is 2.15. The van der Waals surface area contributed by atoms with E-state index in [1.54, 1.807) is 10.6 Å². The molecule has 3 aromatic rings. The Morgan fingerprint density at radius 2 is 1.89 bits per heavy atom. The van der Waals surface area contributed by atoms with Crippen molar-refractivity contribution >= 4 is 33.7 Å². The number of nitrogens with zero attached hydrogens (tertiary/aromatic N) is 3. The molecule has 90 valence electrons. The van der Waals surface area contributed by atoms with Crippen LogP contribution in [0.3, 0.4) is 0 Å². The van der Waals surface area contributed by atoms with Gasteiger partial charge in [0.25, 0.3) is 0 Å². The summed E-state index contributed by atoms with van der Waals surface area (Å²) in [5.41, 5.74) is 12.4. The Morgan fingerprint density at radius 3 is 2.67 bits per heavy atom. The van der Waals surface area contributed by atoms with Crippen LogP contribution in [0.5, 0.6) is 0 Å². The second kappa shape index (κ2) is 3.43. The Morgan fingerprint density at radius 1 is 1.17 bits per heavy atom. The first-order valence-corrected chi connectivity index (χ1v) is 5.40. The highest BCUT2D eigenvalue weighted by Gasteiger charge is 2.13. The quantitative estimate of drug-likeness (QED) is 0.563. The Hall–Kier alpha value is -2.63. The van der Waals surface area contributed by atoms with E-state index in [9.17, 15) is 4.79 Å². The summed E-state index contributed by atoms with van der Waals surface area (Å²) >= 11 is 0. The van der Waals surface area contributed by atoms with Crippen LogP contribution in [0.25, 0.3) is 21.9 Å². The van der Waals surface area contributed by atoms with E-state index < -0.39 is 0 Å². The first kappa shape index (κ1) is 10.5. The van der Waals surface area contributed by atoms with Gasteiger partial charge in [-0.15, -0.1) is 0 Å². The number of hydrogen-bond acceptors (Lipinski definition) is 5. The summed E-state index contributed by atoms with van der Waals surface area (Å²) in [6.45, 7) is 0. The van der Waals surface area contributed by atoms with Crippen LogP contribution in [0.4, 0.5) is 11.8 Å². The molecule has 0 radical (unpaired) electrons. The fraction of sp³-hybridized carbons (Fsp3) is 0.0833. The largest absolute Gasteiger partial charge is 0.383 e. The monoisotopic (exact) mass is 241 g/mol. The van der Waals surface area contributed by atoms with E-state index in [4.69, 9.17) is 11.5 Å². The van der Waals surface area contributed by atoms with Crippen LogP contribution < -0.4 is 16.9 Å². The van der Waals surface area contributed by atoms with Crippen molar-refractivity contribution in [3.05, 3.63) is 34.5 Å². The second-order valence-electron chi connectivity index (χ2n) is 4.07. The Labute approximate surface area is 102 Å². The molecule has 0 amide bonds. The first-order chi connectivity index (χ1) is 8.59. The standard InChI is InChI=1S/C12H11N5O/c1-17-7-5-3-2-4-6(7)9(18)8-10(13)15-12(14)16-11(8)17/h2-5H,1H3,(H4,13,14,15,16). The van der Waals surface area contributed by atoms with Gasteiger partial charge in [0.2, 0.25) is 11.4 Å². The first-order valence-electron chi connectivity index (χ1n) is 5.40. The Balaban J connectivity index is 2.72. The van der Waals surface area contributed by atoms with Gasteiger partial charge in [0.05, 0.1) is 5.52 Å². The highest BCUT2D eigenvalue weighted by atomic mass is 16.1. The van der Waals surface area contributed by atoms with E-state index in [-0.39, 0.29) is 17.2 Å². The van der Waals surface area contributed by atoms with Gasteiger partial charge in [-0.2, -0.15) is 9.97 Å². The van der Waals surface area contributed by atoms with E-state index in [2.05, 4.69) is 9.97 Å². The van der Waals surface area contributed by atoms with Gasteiger partial charge < -0.3 is 16.0 Å². The van der Waals surface area contributed by atoms with Gasteiger partial charge in [-0.05, 0) is 12.1 Å². The average molecular weight is 241 g/mol. The van der Waals surface area contributed by atoms with Gasteiger partial charge in [-0.25, -0.2) is 0 Å².